The highest BCUT2D eigenvalue weighted by molar-refractivity contribution is 4.97. The zero-order valence-electron chi connectivity index (χ0n) is 5.84. The molecule has 4 rings (SSSR count). The molecule has 0 atom stereocenters. The van der Waals surface area contributed by atoms with Crippen molar-refractivity contribution in [3.05, 3.63) is 0 Å². The lowest BCUT2D eigenvalue weighted by molar-refractivity contribution is 0.279. The highest BCUT2D eigenvalue weighted by Gasteiger charge is 2.47. The molecule has 0 heterocycles. The van der Waals surface area contributed by atoms with Crippen molar-refractivity contribution < 1.29 is 0 Å². The van der Waals surface area contributed by atoms with Gasteiger partial charge in [0.1, 0.15) is 0 Å². The maximum Gasteiger partial charge on any atom is -0.0380 e. The van der Waals surface area contributed by atoms with Gasteiger partial charge in [-0.1, -0.05) is 0 Å². The van der Waals surface area contributed by atoms with Gasteiger partial charge in [0.15, 0.2) is 0 Å². The van der Waals surface area contributed by atoms with E-state index in [0.29, 0.717) is 0 Å². The third kappa shape index (κ3) is 0.500. The molecule has 0 aromatic heterocycles. The second-order valence-corrected chi connectivity index (χ2v) is 4.43. The predicted molar refractivity (Wildman–Crippen MR) is 37.0 cm³/mol. The molecule has 0 N–H and O–H groups in total. The van der Waals surface area contributed by atoms with Gasteiger partial charge in [-0.25, -0.2) is 0 Å². The van der Waals surface area contributed by atoms with E-state index in [0.717, 1.165) is 0 Å². The molecule has 4 aliphatic carbocycles. The van der Waals surface area contributed by atoms with Crippen molar-refractivity contribution in [1.82, 2.24) is 0 Å². The summed E-state index contributed by atoms with van der Waals surface area (Å²) in [5.74, 6) is 4.78. The molecule has 0 unspecified atom stereocenters. The first-order chi connectivity index (χ1) is 4.42. The standard InChI is InChI=1S/C9H14/c1-6-2-8-4-7(1)5-9(8)3-6/h6-9H,1-5H2. The Hall–Kier alpha value is 0. The maximum absolute atomic E-state index is 1.61. The van der Waals surface area contributed by atoms with Crippen LogP contribution < -0.4 is 0 Å². The van der Waals surface area contributed by atoms with Gasteiger partial charge in [-0.2, -0.15) is 0 Å². The van der Waals surface area contributed by atoms with Gasteiger partial charge in [-0.15, -0.1) is 0 Å². The summed E-state index contributed by atoms with van der Waals surface area (Å²) in [5.41, 5.74) is 0. The van der Waals surface area contributed by atoms with Crippen molar-refractivity contribution >= 4 is 0 Å². The molecule has 0 nitrogen and oxygen atoms in total. The number of hydrogen-bond donors (Lipinski definition) is 0. The SMILES string of the molecule is C1C2CC3CC1CC3C2. The fourth-order valence-corrected chi connectivity index (χ4v) is 3.72. The molecule has 0 aromatic carbocycles. The second-order valence-electron chi connectivity index (χ2n) is 4.43. The van der Waals surface area contributed by atoms with E-state index in [1.54, 1.807) is 32.1 Å². The van der Waals surface area contributed by atoms with Gasteiger partial charge in [0.25, 0.3) is 0 Å². The fourth-order valence-electron chi connectivity index (χ4n) is 3.72. The Balaban J connectivity index is 2.00. The summed E-state index contributed by atoms with van der Waals surface area (Å²) < 4.78 is 0. The highest BCUT2D eigenvalue weighted by atomic mass is 14.5. The zero-order valence-corrected chi connectivity index (χ0v) is 5.84. The smallest absolute Gasteiger partial charge is 0.0380 e. The summed E-state index contributed by atoms with van der Waals surface area (Å²) in [5, 5.41) is 0. The van der Waals surface area contributed by atoms with E-state index < -0.39 is 0 Å². The topological polar surface area (TPSA) is 0 Å². The normalized spacial score (nSPS) is 61.3. The van der Waals surface area contributed by atoms with Crippen LogP contribution in [0, 0.1) is 23.7 Å². The minimum absolute atomic E-state index is 1.19. The van der Waals surface area contributed by atoms with Gasteiger partial charge in [0, 0.05) is 0 Å². The molecule has 4 saturated carbocycles. The van der Waals surface area contributed by atoms with Crippen LogP contribution in [0.15, 0.2) is 0 Å². The summed E-state index contributed by atoms with van der Waals surface area (Å²) in [4.78, 5) is 0. The van der Waals surface area contributed by atoms with Crippen LogP contribution in [0.4, 0.5) is 0 Å². The molecule has 0 saturated heterocycles. The third-order valence-corrected chi connectivity index (χ3v) is 3.88. The van der Waals surface area contributed by atoms with Crippen LogP contribution in [0.1, 0.15) is 32.1 Å². The Bertz CT molecular complexity index is 105. The van der Waals surface area contributed by atoms with Crippen molar-refractivity contribution in [3.63, 3.8) is 0 Å². The third-order valence-electron chi connectivity index (χ3n) is 3.88. The Morgan fingerprint density at radius 1 is 0.556 bits per heavy atom. The van der Waals surface area contributed by atoms with E-state index in [-0.39, 0.29) is 0 Å². The molecule has 4 fully saturated rings. The summed E-state index contributed by atoms with van der Waals surface area (Å²) >= 11 is 0. The summed E-state index contributed by atoms with van der Waals surface area (Å²) in [7, 11) is 0. The molecule has 9 heavy (non-hydrogen) atoms. The highest BCUT2D eigenvalue weighted by Crippen LogP contribution is 2.57. The van der Waals surface area contributed by atoms with Gasteiger partial charge in [-0.3, -0.25) is 0 Å². The molecule has 0 radical (unpaired) electrons. The number of rotatable bonds is 0. The van der Waals surface area contributed by atoms with Gasteiger partial charge >= 0.3 is 0 Å². The molecule has 0 heteroatoms. The van der Waals surface area contributed by atoms with Gasteiger partial charge < -0.3 is 0 Å². The fraction of sp³-hybridized carbons (Fsp3) is 1.00. The van der Waals surface area contributed by atoms with Crippen LogP contribution >= 0.6 is 0 Å². The molecule has 0 amide bonds. The quantitative estimate of drug-likeness (QED) is 0.463. The van der Waals surface area contributed by atoms with E-state index in [1.165, 1.54) is 23.7 Å². The van der Waals surface area contributed by atoms with Crippen LogP contribution in [0.5, 0.6) is 0 Å². The van der Waals surface area contributed by atoms with E-state index in [9.17, 15) is 0 Å². The second kappa shape index (κ2) is 1.36. The van der Waals surface area contributed by atoms with Crippen molar-refractivity contribution in [3.8, 4) is 0 Å². The minimum Gasteiger partial charge on any atom is -0.0475 e. The van der Waals surface area contributed by atoms with Crippen LogP contribution in [0.2, 0.25) is 0 Å². The Labute approximate surface area is 56.6 Å². The van der Waals surface area contributed by atoms with Crippen molar-refractivity contribution in [2.45, 2.75) is 32.1 Å². The molecule has 50 valence electrons. The lowest BCUT2D eigenvalue weighted by atomic mass is 9.82. The van der Waals surface area contributed by atoms with Gasteiger partial charge in [0.2, 0.25) is 0 Å². The Morgan fingerprint density at radius 3 is 1.33 bits per heavy atom. The predicted octanol–water partition coefficient (Wildman–Crippen LogP) is 2.44. The molecular weight excluding hydrogens is 108 g/mol. The largest absolute Gasteiger partial charge is 0.0475 e. The Kier molecular flexibility index (Phi) is 0.717. The van der Waals surface area contributed by atoms with E-state index >= 15 is 0 Å². The first-order valence-corrected chi connectivity index (χ1v) is 4.42. The molecule has 0 aliphatic heterocycles. The Morgan fingerprint density at radius 2 is 1.00 bits per heavy atom. The van der Waals surface area contributed by atoms with E-state index in [4.69, 9.17) is 0 Å². The molecular formula is C9H14. The first kappa shape index (κ1) is 4.76. The van der Waals surface area contributed by atoms with Crippen LogP contribution in [-0.2, 0) is 0 Å². The lowest BCUT2D eigenvalue weighted by Crippen LogP contribution is -2.12. The van der Waals surface area contributed by atoms with Gasteiger partial charge in [0.05, 0.1) is 0 Å². The first-order valence-electron chi connectivity index (χ1n) is 4.42. The molecule has 0 aromatic rings. The monoisotopic (exact) mass is 122 g/mol. The van der Waals surface area contributed by atoms with Crippen LogP contribution in [0.3, 0.4) is 0 Å². The van der Waals surface area contributed by atoms with Crippen LogP contribution in [0.25, 0.3) is 0 Å². The average molecular weight is 122 g/mol. The summed E-state index contributed by atoms with van der Waals surface area (Å²) in [6, 6.07) is 0. The maximum atomic E-state index is 1.61. The van der Waals surface area contributed by atoms with Gasteiger partial charge in [-0.05, 0) is 55.8 Å². The summed E-state index contributed by atoms with van der Waals surface area (Å²) in [6.45, 7) is 0. The molecule has 0 spiro atoms. The van der Waals surface area contributed by atoms with Crippen molar-refractivity contribution in [1.29, 1.82) is 0 Å². The van der Waals surface area contributed by atoms with Crippen LogP contribution in [-0.4, -0.2) is 0 Å². The molecule has 4 bridgehead atoms. The summed E-state index contributed by atoms with van der Waals surface area (Å²) in [6.07, 6.45) is 8.05. The minimum atomic E-state index is 1.19. The van der Waals surface area contributed by atoms with E-state index in [1.807, 2.05) is 0 Å². The number of hydrogen-bond acceptors (Lipinski definition) is 0. The van der Waals surface area contributed by atoms with E-state index in [2.05, 4.69) is 0 Å². The van der Waals surface area contributed by atoms with Crippen molar-refractivity contribution in [2.75, 3.05) is 0 Å². The molecule has 4 aliphatic rings. The zero-order chi connectivity index (χ0) is 5.84. The average Bonchev–Trinajstić information content (AvgIpc) is 2.20. The lowest BCUT2D eigenvalue weighted by Gasteiger charge is -2.23. The van der Waals surface area contributed by atoms with Crippen molar-refractivity contribution in [2.24, 2.45) is 23.7 Å².